The minimum absolute atomic E-state index is 0.348. The standard InChI is InChI=1S/C14H30N2O2/c1-3-16(11-13-7-6-10-18-13)9-5-4-8-14(2,17)12-15/h13,17H,3-12,15H2,1-2H3. The molecule has 1 heterocycles. The van der Waals surface area contributed by atoms with Crippen molar-refractivity contribution in [3.05, 3.63) is 0 Å². The summed E-state index contributed by atoms with van der Waals surface area (Å²) in [6, 6.07) is 0. The molecule has 2 unspecified atom stereocenters. The second kappa shape index (κ2) is 8.10. The van der Waals surface area contributed by atoms with Gasteiger partial charge in [-0.2, -0.15) is 0 Å². The fourth-order valence-corrected chi connectivity index (χ4v) is 2.40. The maximum absolute atomic E-state index is 9.82. The lowest BCUT2D eigenvalue weighted by Gasteiger charge is -2.25. The van der Waals surface area contributed by atoms with Gasteiger partial charge in [0.2, 0.25) is 0 Å². The number of hydrogen-bond donors (Lipinski definition) is 2. The first-order chi connectivity index (χ1) is 8.57. The molecule has 1 fully saturated rings. The van der Waals surface area contributed by atoms with Gasteiger partial charge in [-0.05, 0) is 52.1 Å². The van der Waals surface area contributed by atoms with Crippen molar-refractivity contribution in [1.82, 2.24) is 4.90 Å². The van der Waals surface area contributed by atoms with E-state index in [-0.39, 0.29) is 0 Å². The monoisotopic (exact) mass is 258 g/mol. The van der Waals surface area contributed by atoms with E-state index in [2.05, 4.69) is 11.8 Å². The van der Waals surface area contributed by atoms with E-state index in [1.54, 1.807) is 0 Å². The normalized spacial score (nSPS) is 23.5. The molecule has 1 rings (SSSR count). The third-order valence-corrected chi connectivity index (χ3v) is 3.81. The number of rotatable bonds is 9. The van der Waals surface area contributed by atoms with Crippen LogP contribution in [0.15, 0.2) is 0 Å². The SMILES string of the molecule is CCN(CCCCC(C)(O)CN)CC1CCCO1. The summed E-state index contributed by atoms with van der Waals surface area (Å²) in [6.07, 6.45) is 5.81. The predicted octanol–water partition coefficient (Wildman–Crippen LogP) is 1.37. The Morgan fingerprint density at radius 2 is 2.22 bits per heavy atom. The number of likely N-dealkylation sites (N-methyl/N-ethyl adjacent to an activating group) is 1. The predicted molar refractivity (Wildman–Crippen MR) is 74.6 cm³/mol. The smallest absolute Gasteiger partial charge is 0.0741 e. The average molecular weight is 258 g/mol. The number of ether oxygens (including phenoxy) is 1. The Kier molecular flexibility index (Phi) is 7.15. The lowest BCUT2D eigenvalue weighted by molar-refractivity contribution is 0.0537. The molecule has 108 valence electrons. The Balaban J connectivity index is 2.11. The van der Waals surface area contributed by atoms with E-state index in [4.69, 9.17) is 10.5 Å². The zero-order valence-electron chi connectivity index (χ0n) is 12.0. The third-order valence-electron chi connectivity index (χ3n) is 3.81. The van der Waals surface area contributed by atoms with Crippen LogP contribution in [0, 0.1) is 0 Å². The van der Waals surface area contributed by atoms with Crippen LogP contribution in [-0.2, 0) is 4.74 Å². The quantitative estimate of drug-likeness (QED) is 0.613. The Bertz CT molecular complexity index is 216. The molecule has 0 radical (unpaired) electrons. The van der Waals surface area contributed by atoms with Crippen molar-refractivity contribution in [2.45, 2.75) is 57.7 Å². The second-order valence-electron chi connectivity index (χ2n) is 5.69. The number of nitrogens with zero attached hydrogens (tertiary/aromatic N) is 1. The van der Waals surface area contributed by atoms with Crippen molar-refractivity contribution < 1.29 is 9.84 Å². The van der Waals surface area contributed by atoms with Crippen molar-refractivity contribution in [2.75, 3.05) is 32.8 Å². The minimum atomic E-state index is -0.689. The number of aliphatic hydroxyl groups is 1. The van der Waals surface area contributed by atoms with Crippen LogP contribution < -0.4 is 5.73 Å². The van der Waals surface area contributed by atoms with E-state index in [1.165, 1.54) is 12.8 Å². The molecule has 1 aliphatic heterocycles. The highest BCUT2D eigenvalue weighted by molar-refractivity contribution is 4.74. The molecule has 0 aromatic rings. The summed E-state index contributed by atoms with van der Waals surface area (Å²) >= 11 is 0. The number of hydrogen-bond acceptors (Lipinski definition) is 4. The molecule has 0 aromatic carbocycles. The lowest BCUT2D eigenvalue weighted by atomic mass is 9.99. The van der Waals surface area contributed by atoms with E-state index in [9.17, 15) is 5.11 Å². The van der Waals surface area contributed by atoms with E-state index in [0.717, 1.165) is 45.5 Å². The third kappa shape index (κ3) is 6.14. The molecule has 18 heavy (non-hydrogen) atoms. The van der Waals surface area contributed by atoms with E-state index < -0.39 is 5.60 Å². The maximum Gasteiger partial charge on any atom is 0.0741 e. The largest absolute Gasteiger partial charge is 0.389 e. The molecule has 0 aliphatic carbocycles. The summed E-state index contributed by atoms with van der Waals surface area (Å²) in [5.74, 6) is 0. The van der Waals surface area contributed by atoms with E-state index >= 15 is 0 Å². The van der Waals surface area contributed by atoms with Crippen LogP contribution in [0.3, 0.4) is 0 Å². The summed E-state index contributed by atoms with van der Waals surface area (Å²) in [4.78, 5) is 2.45. The molecule has 0 spiro atoms. The van der Waals surface area contributed by atoms with Gasteiger partial charge >= 0.3 is 0 Å². The summed E-state index contributed by atoms with van der Waals surface area (Å²) in [5.41, 5.74) is 4.82. The van der Waals surface area contributed by atoms with Gasteiger partial charge in [0.1, 0.15) is 0 Å². The molecule has 4 nitrogen and oxygen atoms in total. The molecule has 0 aromatic heterocycles. The van der Waals surface area contributed by atoms with Gasteiger partial charge < -0.3 is 20.5 Å². The first-order valence-corrected chi connectivity index (χ1v) is 7.34. The molecule has 0 saturated carbocycles. The Labute approximate surface area is 111 Å². The maximum atomic E-state index is 9.82. The zero-order chi connectivity index (χ0) is 13.4. The zero-order valence-corrected chi connectivity index (χ0v) is 12.0. The molecule has 0 amide bonds. The van der Waals surface area contributed by atoms with Crippen LogP contribution in [0.4, 0.5) is 0 Å². The van der Waals surface area contributed by atoms with Crippen molar-refractivity contribution in [2.24, 2.45) is 5.73 Å². The van der Waals surface area contributed by atoms with E-state index in [1.807, 2.05) is 6.92 Å². The van der Waals surface area contributed by atoms with Crippen LogP contribution in [0.1, 0.15) is 46.0 Å². The number of nitrogens with two attached hydrogens (primary N) is 1. The molecule has 1 aliphatic rings. The fraction of sp³-hybridized carbons (Fsp3) is 1.00. The van der Waals surface area contributed by atoms with Crippen molar-refractivity contribution in [3.63, 3.8) is 0 Å². The summed E-state index contributed by atoms with van der Waals surface area (Å²) in [5, 5.41) is 9.82. The highest BCUT2D eigenvalue weighted by Crippen LogP contribution is 2.15. The van der Waals surface area contributed by atoms with Gasteiger partial charge in [-0.15, -0.1) is 0 Å². The highest BCUT2D eigenvalue weighted by Gasteiger charge is 2.19. The van der Waals surface area contributed by atoms with Gasteiger partial charge in [0, 0.05) is 19.7 Å². The van der Waals surface area contributed by atoms with Crippen molar-refractivity contribution >= 4 is 0 Å². The summed E-state index contributed by atoms with van der Waals surface area (Å²) < 4.78 is 5.67. The van der Waals surface area contributed by atoms with Gasteiger partial charge in [-0.1, -0.05) is 6.92 Å². The van der Waals surface area contributed by atoms with Gasteiger partial charge in [-0.25, -0.2) is 0 Å². The first kappa shape index (κ1) is 15.9. The molecule has 3 N–H and O–H groups in total. The summed E-state index contributed by atoms with van der Waals surface area (Å²) in [6.45, 7) is 8.53. The minimum Gasteiger partial charge on any atom is -0.389 e. The Morgan fingerprint density at radius 1 is 1.44 bits per heavy atom. The molecule has 2 atom stereocenters. The average Bonchev–Trinajstić information content (AvgIpc) is 2.86. The van der Waals surface area contributed by atoms with Crippen LogP contribution in [0.25, 0.3) is 0 Å². The van der Waals surface area contributed by atoms with Crippen LogP contribution in [0.5, 0.6) is 0 Å². The van der Waals surface area contributed by atoms with Gasteiger partial charge in [0.25, 0.3) is 0 Å². The van der Waals surface area contributed by atoms with Gasteiger partial charge in [0.05, 0.1) is 11.7 Å². The summed E-state index contributed by atoms with van der Waals surface area (Å²) in [7, 11) is 0. The first-order valence-electron chi connectivity index (χ1n) is 7.34. The highest BCUT2D eigenvalue weighted by atomic mass is 16.5. The Morgan fingerprint density at radius 3 is 2.78 bits per heavy atom. The molecular formula is C14H30N2O2. The Hall–Kier alpha value is -0.160. The van der Waals surface area contributed by atoms with Crippen LogP contribution in [-0.4, -0.2) is 54.5 Å². The second-order valence-corrected chi connectivity index (χ2v) is 5.69. The van der Waals surface area contributed by atoms with E-state index in [0.29, 0.717) is 12.6 Å². The lowest BCUT2D eigenvalue weighted by Crippen LogP contribution is -2.35. The van der Waals surface area contributed by atoms with Crippen molar-refractivity contribution in [3.8, 4) is 0 Å². The topological polar surface area (TPSA) is 58.7 Å². The number of unbranched alkanes of at least 4 members (excludes halogenated alkanes) is 1. The van der Waals surface area contributed by atoms with Gasteiger partial charge in [0.15, 0.2) is 0 Å². The fourth-order valence-electron chi connectivity index (χ4n) is 2.40. The van der Waals surface area contributed by atoms with Crippen molar-refractivity contribution in [1.29, 1.82) is 0 Å². The van der Waals surface area contributed by atoms with Crippen LogP contribution >= 0.6 is 0 Å². The molecule has 4 heteroatoms. The molecule has 1 saturated heterocycles. The molecular weight excluding hydrogens is 228 g/mol. The van der Waals surface area contributed by atoms with Gasteiger partial charge in [-0.3, -0.25) is 0 Å². The molecule has 0 bridgehead atoms. The van der Waals surface area contributed by atoms with Crippen LogP contribution in [0.2, 0.25) is 0 Å².